The SMILES string of the molecule is Fc1c(F)c(F)c(CO/N=C/CCC/C=N/OCc2c(F)c(F)c(F)c(F)c2F)c(F)c1F. The number of hydrogen-bond acceptors (Lipinski definition) is 4. The Balaban J connectivity index is 1.73. The van der Waals surface area contributed by atoms with Crippen LogP contribution in [0.2, 0.25) is 0 Å². The molecule has 0 aromatic heterocycles. The summed E-state index contributed by atoms with van der Waals surface area (Å²) in [5.74, 6) is -21.2. The highest BCUT2D eigenvalue weighted by Crippen LogP contribution is 2.24. The molecule has 14 heteroatoms. The van der Waals surface area contributed by atoms with Crippen molar-refractivity contribution < 1.29 is 53.6 Å². The summed E-state index contributed by atoms with van der Waals surface area (Å²) in [6.07, 6.45) is 2.96. The Morgan fingerprint density at radius 2 is 0.727 bits per heavy atom. The largest absolute Gasteiger partial charge is 0.391 e. The summed E-state index contributed by atoms with van der Waals surface area (Å²) in [6.45, 7) is -2.04. The lowest BCUT2D eigenvalue weighted by atomic mass is 10.2. The molecule has 4 nitrogen and oxygen atoms in total. The first kappa shape index (κ1) is 25.9. The molecule has 0 spiro atoms. The molecule has 0 radical (unpaired) electrons. The highest BCUT2D eigenvalue weighted by atomic mass is 19.2. The molecule has 0 aliphatic heterocycles. The van der Waals surface area contributed by atoms with Crippen molar-refractivity contribution in [2.45, 2.75) is 32.5 Å². The summed E-state index contributed by atoms with van der Waals surface area (Å²) < 4.78 is 132. The zero-order chi connectivity index (χ0) is 24.7. The normalized spacial score (nSPS) is 11.7. The third kappa shape index (κ3) is 5.93. The molecule has 0 fully saturated rings. The molecule has 0 atom stereocenters. The third-order valence-electron chi connectivity index (χ3n) is 3.98. The number of hydrogen-bond donors (Lipinski definition) is 0. The van der Waals surface area contributed by atoms with Gasteiger partial charge in [0.25, 0.3) is 0 Å². The molecule has 0 amide bonds. The van der Waals surface area contributed by atoms with Crippen molar-refractivity contribution >= 4 is 12.4 Å². The standard InChI is InChI=1S/C19H12F10N2O2/c20-10-8(11(21)15(25)18(28)14(10)24)6-32-30-4-2-1-3-5-31-33-7-9-12(22)16(26)19(29)17(27)13(9)23/h4-5H,1-3,6-7H2/b30-4+,31-5+. The van der Waals surface area contributed by atoms with Crippen LogP contribution in [0.15, 0.2) is 10.3 Å². The predicted molar refractivity (Wildman–Crippen MR) is 92.9 cm³/mol. The van der Waals surface area contributed by atoms with Crippen LogP contribution in [0.4, 0.5) is 43.9 Å². The summed E-state index contributed by atoms with van der Waals surface area (Å²) in [6, 6.07) is 0. The number of rotatable bonds is 10. The summed E-state index contributed by atoms with van der Waals surface area (Å²) >= 11 is 0. The minimum Gasteiger partial charge on any atom is -0.391 e. The van der Waals surface area contributed by atoms with Crippen molar-refractivity contribution in [2.24, 2.45) is 10.3 Å². The highest BCUT2D eigenvalue weighted by Gasteiger charge is 2.26. The van der Waals surface area contributed by atoms with Crippen LogP contribution in [0.3, 0.4) is 0 Å². The van der Waals surface area contributed by atoms with Crippen LogP contribution in [0.25, 0.3) is 0 Å². The van der Waals surface area contributed by atoms with Crippen LogP contribution >= 0.6 is 0 Å². The molecule has 180 valence electrons. The van der Waals surface area contributed by atoms with E-state index < -0.39 is 82.5 Å². The Bertz CT molecular complexity index is 934. The van der Waals surface area contributed by atoms with Crippen LogP contribution in [-0.4, -0.2) is 12.4 Å². The van der Waals surface area contributed by atoms with E-state index in [9.17, 15) is 43.9 Å². The molecule has 0 heterocycles. The number of oxime groups is 2. The average Bonchev–Trinajstić information content (AvgIpc) is 2.81. The van der Waals surface area contributed by atoms with Gasteiger partial charge in [-0.05, 0) is 19.3 Å². The summed E-state index contributed by atoms with van der Waals surface area (Å²) in [4.78, 5) is 8.98. The van der Waals surface area contributed by atoms with Gasteiger partial charge in [0.1, 0.15) is 13.2 Å². The van der Waals surface area contributed by atoms with Gasteiger partial charge in [0.2, 0.25) is 11.6 Å². The molecule has 0 unspecified atom stereocenters. The molecule has 0 saturated carbocycles. The highest BCUT2D eigenvalue weighted by molar-refractivity contribution is 5.59. The lowest BCUT2D eigenvalue weighted by molar-refractivity contribution is 0.123. The Labute approximate surface area is 179 Å². The van der Waals surface area contributed by atoms with E-state index in [0.29, 0.717) is 6.42 Å². The lowest BCUT2D eigenvalue weighted by Gasteiger charge is -2.06. The van der Waals surface area contributed by atoms with Crippen molar-refractivity contribution in [3.8, 4) is 0 Å². The number of halogens is 10. The maximum atomic E-state index is 13.4. The molecular formula is C19H12F10N2O2. The number of unbranched alkanes of at least 4 members (excludes halogenated alkanes) is 2. The van der Waals surface area contributed by atoms with Gasteiger partial charge < -0.3 is 9.68 Å². The van der Waals surface area contributed by atoms with Gasteiger partial charge >= 0.3 is 0 Å². The van der Waals surface area contributed by atoms with E-state index in [-0.39, 0.29) is 12.8 Å². The van der Waals surface area contributed by atoms with Gasteiger partial charge in [-0.3, -0.25) is 0 Å². The fourth-order valence-electron chi connectivity index (χ4n) is 2.27. The minimum absolute atomic E-state index is 0.195. The van der Waals surface area contributed by atoms with Gasteiger partial charge in [0.05, 0.1) is 11.1 Å². The lowest BCUT2D eigenvalue weighted by Crippen LogP contribution is -2.07. The summed E-state index contributed by atoms with van der Waals surface area (Å²) in [5.41, 5.74) is -2.39. The van der Waals surface area contributed by atoms with E-state index >= 15 is 0 Å². The smallest absolute Gasteiger partial charge is 0.200 e. The molecule has 33 heavy (non-hydrogen) atoms. The van der Waals surface area contributed by atoms with E-state index in [1.807, 2.05) is 0 Å². The van der Waals surface area contributed by atoms with Gasteiger partial charge in [-0.25, -0.2) is 43.9 Å². The topological polar surface area (TPSA) is 43.2 Å². The third-order valence-corrected chi connectivity index (χ3v) is 3.98. The molecule has 2 aromatic rings. The second-order valence-corrected chi connectivity index (χ2v) is 6.15. The Morgan fingerprint density at radius 3 is 1.03 bits per heavy atom. The van der Waals surface area contributed by atoms with Crippen molar-refractivity contribution in [3.63, 3.8) is 0 Å². The molecular weight excluding hydrogens is 478 g/mol. The van der Waals surface area contributed by atoms with Crippen molar-refractivity contribution in [3.05, 3.63) is 69.3 Å². The second-order valence-electron chi connectivity index (χ2n) is 6.15. The quantitative estimate of drug-likeness (QED) is 0.103. The second kappa shape index (κ2) is 11.5. The first-order valence-electron chi connectivity index (χ1n) is 8.87. The summed E-state index contributed by atoms with van der Waals surface area (Å²) in [7, 11) is 0. The first-order valence-corrected chi connectivity index (χ1v) is 8.87. The maximum absolute atomic E-state index is 13.4. The zero-order valence-corrected chi connectivity index (χ0v) is 16.2. The van der Waals surface area contributed by atoms with E-state index in [4.69, 9.17) is 0 Å². The van der Waals surface area contributed by atoms with Crippen molar-refractivity contribution in [2.75, 3.05) is 0 Å². The first-order chi connectivity index (χ1) is 15.6. The molecule has 2 aromatic carbocycles. The molecule has 0 aliphatic rings. The monoisotopic (exact) mass is 490 g/mol. The van der Waals surface area contributed by atoms with E-state index in [1.54, 1.807) is 0 Å². The Hall–Kier alpha value is -3.32. The molecule has 0 saturated heterocycles. The van der Waals surface area contributed by atoms with Crippen LogP contribution in [0.1, 0.15) is 30.4 Å². The minimum atomic E-state index is -2.30. The fourth-order valence-corrected chi connectivity index (χ4v) is 2.27. The van der Waals surface area contributed by atoms with Crippen LogP contribution < -0.4 is 0 Å². The Morgan fingerprint density at radius 1 is 0.455 bits per heavy atom. The molecule has 0 aliphatic carbocycles. The number of benzene rings is 2. The van der Waals surface area contributed by atoms with Crippen LogP contribution in [0.5, 0.6) is 0 Å². The molecule has 2 rings (SSSR count). The van der Waals surface area contributed by atoms with Crippen LogP contribution in [-0.2, 0) is 22.9 Å². The van der Waals surface area contributed by atoms with Gasteiger partial charge in [-0.1, -0.05) is 10.3 Å². The fraction of sp³-hybridized carbons (Fsp3) is 0.263. The average molecular weight is 490 g/mol. The van der Waals surface area contributed by atoms with E-state index in [1.165, 1.54) is 0 Å². The predicted octanol–water partition coefficient (Wildman–Crippen LogP) is 5.95. The number of nitrogens with zero attached hydrogens (tertiary/aromatic N) is 2. The van der Waals surface area contributed by atoms with E-state index in [0.717, 1.165) is 12.4 Å². The summed E-state index contributed by atoms with van der Waals surface area (Å²) in [5, 5.41) is 6.58. The van der Waals surface area contributed by atoms with Gasteiger partial charge in [-0.2, -0.15) is 0 Å². The van der Waals surface area contributed by atoms with Crippen molar-refractivity contribution in [1.82, 2.24) is 0 Å². The maximum Gasteiger partial charge on any atom is 0.200 e. The van der Waals surface area contributed by atoms with Gasteiger partial charge in [0.15, 0.2) is 46.5 Å². The molecule has 0 N–H and O–H groups in total. The Kier molecular flexibility index (Phi) is 9.05. The zero-order valence-electron chi connectivity index (χ0n) is 16.2. The molecule has 0 bridgehead atoms. The van der Waals surface area contributed by atoms with Crippen LogP contribution in [0, 0.1) is 58.2 Å². The van der Waals surface area contributed by atoms with Crippen molar-refractivity contribution in [1.29, 1.82) is 0 Å². The van der Waals surface area contributed by atoms with Gasteiger partial charge in [0, 0.05) is 12.4 Å². The van der Waals surface area contributed by atoms with E-state index in [2.05, 4.69) is 20.0 Å². The van der Waals surface area contributed by atoms with Gasteiger partial charge in [-0.15, -0.1) is 0 Å².